The molecule has 0 spiro atoms. The van der Waals surface area contributed by atoms with Gasteiger partial charge in [-0.1, -0.05) is 29.8 Å². The first-order valence-corrected chi connectivity index (χ1v) is 9.29. The molecule has 0 radical (unpaired) electrons. The highest BCUT2D eigenvalue weighted by atomic mass is 16.6. The van der Waals surface area contributed by atoms with Gasteiger partial charge in [0, 0.05) is 0 Å². The van der Waals surface area contributed by atoms with Crippen LogP contribution < -0.4 is 15.0 Å². The van der Waals surface area contributed by atoms with Crippen molar-refractivity contribution in [2.24, 2.45) is 0 Å². The zero-order chi connectivity index (χ0) is 21.2. The highest BCUT2D eigenvalue weighted by Crippen LogP contribution is 2.36. The first-order valence-electron chi connectivity index (χ1n) is 9.29. The molecule has 0 aliphatic carbocycles. The van der Waals surface area contributed by atoms with Crippen LogP contribution in [-0.4, -0.2) is 36.5 Å². The average molecular weight is 396 g/mol. The molecule has 1 aliphatic rings. The molecule has 1 N–H and O–H groups in total. The van der Waals surface area contributed by atoms with E-state index >= 15 is 0 Å². The lowest BCUT2D eigenvalue weighted by molar-refractivity contribution is -0.150. The Morgan fingerprint density at radius 2 is 1.79 bits per heavy atom. The molecule has 0 bridgehead atoms. The van der Waals surface area contributed by atoms with Crippen LogP contribution in [0, 0.1) is 13.8 Å². The Labute approximate surface area is 169 Å². The number of hydrogen-bond donors (Lipinski definition) is 1. The summed E-state index contributed by atoms with van der Waals surface area (Å²) in [4.78, 5) is 38.7. The normalized spacial score (nSPS) is 14.6. The van der Waals surface area contributed by atoms with Crippen LogP contribution in [0.1, 0.15) is 25.0 Å². The van der Waals surface area contributed by atoms with Crippen LogP contribution in [0.25, 0.3) is 0 Å². The lowest BCUT2D eigenvalue weighted by Gasteiger charge is -2.41. The number of benzene rings is 2. The molecule has 152 valence electrons. The van der Waals surface area contributed by atoms with Crippen LogP contribution in [0.2, 0.25) is 0 Å². The number of para-hydroxylation sites is 2. The maximum absolute atomic E-state index is 12.8. The second-order valence-corrected chi connectivity index (χ2v) is 7.48. The molecule has 29 heavy (non-hydrogen) atoms. The van der Waals surface area contributed by atoms with Crippen molar-refractivity contribution < 1.29 is 23.9 Å². The van der Waals surface area contributed by atoms with Gasteiger partial charge in [-0.25, -0.2) is 4.79 Å². The third kappa shape index (κ3) is 4.23. The lowest BCUT2D eigenvalue weighted by Crippen LogP contribution is -2.59. The van der Waals surface area contributed by atoms with Crippen LogP contribution in [0.15, 0.2) is 42.5 Å². The fraction of sp³-hybridized carbons (Fsp3) is 0.318. The molecule has 0 fully saturated rings. The van der Waals surface area contributed by atoms with Gasteiger partial charge in [0.25, 0.3) is 5.91 Å². The molecule has 7 heteroatoms. The molecule has 2 amide bonds. The monoisotopic (exact) mass is 396 g/mol. The van der Waals surface area contributed by atoms with Gasteiger partial charge in [-0.05, 0) is 51.5 Å². The number of ether oxygens (including phenoxy) is 2. The smallest absolute Gasteiger partial charge is 0.344 e. The largest absolute Gasteiger partial charge is 0.482 e. The van der Waals surface area contributed by atoms with E-state index in [1.165, 1.54) is 4.90 Å². The number of nitrogens with one attached hydrogen (secondary N) is 1. The first kappa shape index (κ1) is 20.4. The second kappa shape index (κ2) is 7.95. The van der Waals surface area contributed by atoms with Crippen molar-refractivity contribution in [1.29, 1.82) is 0 Å². The summed E-state index contributed by atoms with van der Waals surface area (Å²) in [6, 6.07) is 12.6. The molecule has 7 nitrogen and oxygen atoms in total. The number of rotatable bonds is 5. The molecule has 1 heterocycles. The van der Waals surface area contributed by atoms with Crippen molar-refractivity contribution in [3.63, 3.8) is 0 Å². The van der Waals surface area contributed by atoms with Crippen molar-refractivity contribution in [3.8, 4) is 5.75 Å². The summed E-state index contributed by atoms with van der Waals surface area (Å²) in [5.41, 5.74) is 1.98. The lowest BCUT2D eigenvalue weighted by atomic mass is 9.96. The van der Waals surface area contributed by atoms with Gasteiger partial charge in [-0.3, -0.25) is 14.5 Å². The summed E-state index contributed by atoms with van der Waals surface area (Å²) in [6.45, 7) is 6.34. The Kier molecular flexibility index (Phi) is 5.59. The summed E-state index contributed by atoms with van der Waals surface area (Å²) >= 11 is 0. The number of fused-ring (bicyclic) bond motifs is 1. The van der Waals surface area contributed by atoms with Crippen molar-refractivity contribution >= 4 is 29.2 Å². The van der Waals surface area contributed by atoms with E-state index in [0.717, 1.165) is 11.1 Å². The van der Waals surface area contributed by atoms with Crippen LogP contribution in [0.5, 0.6) is 5.75 Å². The molecule has 0 saturated carbocycles. The summed E-state index contributed by atoms with van der Waals surface area (Å²) < 4.78 is 10.6. The van der Waals surface area contributed by atoms with Crippen molar-refractivity contribution in [2.45, 2.75) is 33.2 Å². The standard InChI is InChI=1S/C22H24N2O5/c1-14-9-10-18(15(2)11-14)28-13-20(26)29-12-19(25)24-17-8-6-5-7-16(17)23-21(27)22(24,3)4/h5-11H,12-13H2,1-4H3,(H,23,27). The van der Waals surface area contributed by atoms with Gasteiger partial charge >= 0.3 is 5.97 Å². The molecule has 1 aliphatic heterocycles. The van der Waals surface area contributed by atoms with E-state index in [9.17, 15) is 14.4 Å². The molecular weight excluding hydrogens is 372 g/mol. The van der Waals surface area contributed by atoms with Gasteiger partial charge < -0.3 is 14.8 Å². The molecular formula is C22H24N2O5. The third-order valence-corrected chi connectivity index (χ3v) is 4.79. The molecule has 0 saturated heterocycles. The van der Waals surface area contributed by atoms with E-state index in [2.05, 4.69) is 5.32 Å². The highest BCUT2D eigenvalue weighted by molar-refractivity contribution is 6.14. The van der Waals surface area contributed by atoms with E-state index in [0.29, 0.717) is 17.1 Å². The predicted octanol–water partition coefficient (Wildman–Crippen LogP) is 2.99. The van der Waals surface area contributed by atoms with Crippen LogP contribution >= 0.6 is 0 Å². The third-order valence-electron chi connectivity index (χ3n) is 4.79. The van der Waals surface area contributed by atoms with Crippen molar-refractivity contribution in [1.82, 2.24) is 0 Å². The van der Waals surface area contributed by atoms with Crippen molar-refractivity contribution in [2.75, 3.05) is 23.4 Å². The van der Waals surface area contributed by atoms with Gasteiger partial charge in [-0.2, -0.15) is 0 Å². The molecule has 0 aromatic heterocycles. The zero-order valence-electron chi connectivity index (χ0n) is 16.9. The number of aryl methyl sites for hydroxylation is 2. The summed E-state index contributed by atoms with van der Waals surface area (Å²) in [5.74, 6) is -0.876. The molecule has 2 aromatic carbocycles. The molecule has 2 aromatic rings. The van der Waals surface area contributed by atoms with Gasteiger partial charge in [-0.15, -0.1) is 0 Å². The molecule has 3 rings (SSSR count). The van der Waals surface area contributed by atoms with E-state index in [-0.39, 0.29) is 12.5 Å². The maximum atomic E-state index is 12.8. The van der Waals surface area contributed by atoms with Crippen LogP contribution in [-0.2, 0) is 19.1 Å². The number of anilines is 2. The molecule has 0 unspecified atom stereocenters. The number of carbonyl (C=O) groups excluding carboxylic acids is 3. The second-order valence-electron chi connectivity index (χ2n) is 7.48. The fourth-order valence-corrected chi connectivity index (χ4v) is 3.24. The Morgan fingerprint density at radius 1 is 1.07 bits per heavy atom. The SMILES string of the molecule is Cc1ccc(OCC(=O)OCC(=O)N2c3ccccc3NC(=O)C2(C)C)c(C)c1. The quantitative estimate of drug-likeness (QED) is 0.786. The minimum absolute atomic E-state index is 0.308. The number of nitrogens with zero attached hydrogens (tertiary/aromatic N) is 1. The molecule has 0 atom stereocenters. The minimum Gasteiger partial charge on any atom is -0.482 e. The number of hydrogen-bond acceptors (Lipinski definition) is 5. The number of amides is 2. The fourth-order valence-electron chi connectivity index (χ4n) is 3.24. The Bertz CT molecular complexity index is 967. The predicted molar refractivity (Wildman–Crippen MR) is 109 cm³/mol. The van der Waals surface area contributed by atoms with Crippen LogP contribution in [0.4, 0.5) is 11.4 Å². The Balaban J connectivity index is 1.64. The van der Waals surface area contributed by atoms with Gasteiger partial charge in [0.1, 0.15) is 11.3 Å². The summed E-state index contributed by atoms with van der Waals surface area (Å²) in [7, 11) is 0. The van der Waals surface area contributed by atoms with E-state index in [4.69, 9.17) is 9.47 Å². The van der Waals surface area contributed by atoms with E-state index < -0.39 is 24.0 Å². The highest BCUT2D eigenvalue weighted by Gasteiger charge is 2.43. The Hall–Kier alpha value is -3.35. The average Bonchev–Trinajstić information content (AvgIpc) is 2.66. The zero-order valence-corrected chi connectivity index (χ0v) is 16.9. The van der Waals surface area contributed by atoms with Crippen LogP contribution in [0.3, 0.4) is 0 Å². The van der Waals surface area contributed by atoms with Gasteiger partial charge in [0.05, 0.1) is 11.4 Å². The maximum Gasteiger partial charge on any atom is 0.344 e. The van der Waals surface area contributed by atoms with Gasteiger partial charge in [0.2, 0.25) is 5.91 Å². The number of carbonyl (C=O) groups is 3. The number of esters is 1. The van der Waals surface area contributed by atoms with Gasteiger partial charge in [0.15, 0.2) is 13.2 Å². The van der Waals surface area contributed by atoms with E-state index in [1.54, 1.807) is 44.2 Å². The first-order chi connectivity index (χ1) is 13.7. The topological polar surface area (TPSA) is 84.9 Å². The minimum atomic E-state index is -1.12. The van der Waals surface area contributed by atoms with E-state index in [1.807, 2.05) is 26.0 Å². The summed E-state index contributed by atoms with van der Waals surface area (Å²) in [6.07, 6.45) is 0. The Morgan fingerprint density at radius 3 is 2.52 bits per heavy atom. The summed E-state index contributed by atoms with van der Waals surface area (Å²) in [5, 5.41) is 2.79. The van der Waals surface area contributed by atoms with Crippen molar-refractivity contribution in [3.05, 3.63) is 53.6 Å².